The molecule has 9 heteroatoms. The molecule has 4 aromatic rings. The summed E-state index contributed by atoms with van der Waals surface area (Å²) in [7, 11) is 0. The second kappa shape index (κ2) is 13.1. The number of ether oxygens (including phenoxy) is 2. The predicted molar refractivity (Wildman–Crippen MR) is 156 cm³/mol. The number of hydrogen-bond acceptors (Lipinski definition) is 6. The number of aliphatic carboxylic acids is 1. The zero-order chi connectivity index (χ0) is 29.5. The maximum atomic E-state index is 12.9. The van der Waals surface area contributed by atoms with Crippen LogP contribution in [0, 0.1) is 0 Å². The average molecular weight is 566 g/mol. The molecule has 0 fully saturated rings. The molecule has 2 atom stereocenters. The minimum Gasteiger partial charge on any atom is -0.480 e. The fourth-order valence-electron chi connectivity index (χ4n) is 5.03. The molecule has 1 aliphatic carbocycles. The number of carboxylic acids is 1. The average Bonchev–Trinajstić information content (AvgIpc) is 3.34. The molecule has 1 aliphatic rings. The molecule has 3 N–H and O–H groups in total. The quantitative estimate of drug-likeness (QED) is 0.236. The van der Waals surface area contributed by atoms with Crippen LogP contribution in [-0.4, -0.2) is 46.8 Å². The number of rotatable bonds is 11. The van der Waals surface area contributed by atoms with Gasteiger partial charge in [-0.3, -0.25) is 9.78 Å². The molecular formula is C33H31N3O6. The van der Waals surface area contributed by atoms with E-state index in [0.717, 1.165) is 27.8 Å². The van der Waals surface area contributed by atoms with E-state index in [-0.39, 0.29) is 31.2 Å². The van der Waals surface area contributed by atoms with Crippen molar-refractivity contribution in [2.24, 2.45) is 0 Å². The first-order chi connectivity index (χ1) is 20.4. The topological polar surface area (TPSA) is 127 Å². The molecule has 9 nitrogen and oxygen atoms in total. The molecule has 3 aromatic carbocycles. The Morgan fingerprint density at radius 3 is 2.21 bits per heavy atom. The molecule has 0 radical (unpaired) electrons. The van der Waals surface area contributed by atoms with Crippen molar-refractivity contribution in [2.75, 3.05) is 6.61 Å². The third kappa shape index (κ3) is 6.64. The minimum absolute atomic E-state index is 0.0245. The molecule has 0 bridgehead atoms. The van der Waals surface area contributed by atoms with Crippen LogP contribution in [0.25, 0.3) is 11.1 Å². The summed E-state index contributed by atoms with van der Waals surface area (Å²) in [6.45, 7) is 2.01. The van der Waals surface area contributed by atoms with Crippen LogP contribution in [0.4, 0.5) is 4.79 Å². The second-order valence-electron chi connectivity index (χ2n) is 10.0. The van der Waals surface area contributed by atoms with Crippen molar-refractivity contribution in [3.63, 3.8) is 0 Å². The smallest absolute Gasteiger partial charge is 0.407 e. The molecule has 2 amide bonds. The predicted octanol–water partition coefficient (Wildman–Crippen LogP) is 4.91. The van der Waals surface area contributed by atoms with Gasteiger partial charge in [-0.1, -0.05) is 78.9 Å². The molecule has 5 rings (SSSR count). The van der Waals surface area contributed by atoms with Crippen molar-refractivity contribution in [3.05, 3.63) is 125 Å². The maximum Gasteiger partial charge on any atom is 0.407 e. The summed E-state index contributed by atoms with van der Waals surface area (Å²) in [5, 5.41) is 14.9. The van der Waals surface area contributed by atoms with Gasteiger partial charge in [0, 0.05) is 17.7 Å². The highest BCUT2D eigenvalue weighted by molar-refractivity contribution is 5.96. The molecule has 1 heterocycles. The molecule has 214 valence electrons. The highest BCUT2D eigenvalue weighted by Gasteiger charge is 2.30. The van der Waals surface area contributed by atoms with Gasteiger partial charge in [-0.2, -0.15) is 0 Å². The van der Waals surface area contributed by atoms with E-state index in [2.05, 4.69) is 27.8 Å². The van der Waals surface area contributed by atoms with Gasteiger partial charge in [-0.25, -0.2) is 9.59 Å². The summed E-state index contributed by atoms with van der Waals surface area (Å²) in [6, 6.07) is 27.2. The molecule has 0 aliphatic heterocycles. The van der Waals surface area contributed by atoms with Gasteiger partial charge in [0.2, 0.25) is 0 Å². The van der Waals surface area contributed by atoms with Crippen molar-refractivity contribution < 1.29 is 29.0 Å². The maximum absolute atomic E-state index is 12.9. The number of hydrogen-bond donors (Lipinski definition) is 3. The first kappa shape index (κ1) is 28.5. The van der Waals surface area contributed by atoms with Gasteiger partial charge in [0.1, 0.15) is 6.61 Å². The van der Waals surface area contributed by atoms with E-state index in [4.69, 9.17) is 9.47 Å². The summed E-state index contributed by atoms with van der Waals surface area (Å²) in [5.41, 5.74) is 6.03. The van der Waals surface area contributed by atoms with E-state index < -0.39 is 30.1 Å². The lowest BCUT2D eigenvalue weighted by molar-refractivity contribution is -0.143. The Morgan fingerprint density at radius 2 is 1.55 bits per heavy atom. The van der Waals surface area contributed by atoms with Gasteiger partial charge in [-0.05, 0) is 46.9 Å². The largest absolute Gasteiger partial charge is 0.480 e. The van der Waals surface area contributed by atoms with Crippen LogP contribution in [0.3, 0.4) is 0 Å². The van der Waals surface area contributed by atoms with E-state index in [1.807, 2.05) is 66.7 Å². The minimum atomic E-state index is -1.27. The zero-order valence-corrected chi connectivity index (χ0v) is 23.0. The summed E-state index contributed by atoms with van der Waals surface area (Å²) in [4.78, 5) is 41.6. The second-order valence-corrected chi connectivity index (χ2v) is 10.0. The highest BCUT2D eigenvalue weighted by atomic mass is 16.5. The van der Waals surface area contributed by atoms with E-state index in [0.29, 0.717) is 5.69 Å². The van der Waals surface area contributed by atoms with Crippen LogP contribution in [0.2, 0.25) is 0 Å². The van der Waals surface area contributed by atoms with Crippen LogP contribution in [0.1, 0.15) is 45.6 Å². The molecule has 1 aromatic heterocycles. The number of alkyl carbamates (subject to hydrolysis) is 1. The lowest BCUT2D eigenvalue weighted by Crippen LogP contribution is -2.48. The zero-order valence-electron chi connectivity index (χ0n) is 23.0. The Balaban J connectivity index is 1.14. The van der Waals surface area contributed by atoms with E-state index >= 15 is 0 Å². The van der Waals surface area contributed by atoms with Gasteiger partial charge in [-0.15, -0.1) is 0 Å². The molecular weight excluding hydrogens is 534 g/mol. The summed E-state index contributed by atoms with van der Waals surface area (Å²) in [6.07, 6.45) is 0.0291. The van der Waals surface area contributed by atoms with E-state index in [1.54, 1.807) is 6.92 Å². The fourth-order valence-corrected chi connectivity index (χ4v) is 5.03. The van der Waals surface area contributed by atoms with Crippen molar-refractivity contribution in [1.82, 2.24) is 15.6 Å². The van der Waals surface area contributed by atoms with Gasteiger partial charge >= 0.3 is 12.1 Å². The van der Waals surface area contributed by atoms with Crippen molar-refractivity contribution in [3.8, 4) is 11.1 Å². The van der Waals surface area contributed by atoms with E-state index in [1.165, 1.54) is 18.3 Å². The van der Waals surface area contributed by atoms with Crippen LogP contribution in [0.15, 0.2) is 97.2 Å². The molecule has 0 unspecified atom stereocenters. The Kier molecular flexibility index (Phi) is 8.89. The Morgan fingerprint density at radius 1 is 0.905 bits per heavy atom. The first-order valence-electron chi connectivity index (χ1n) is 13.6. The molecule has 0 saturated heterocycles. The Labute approximate surface area is 243 Å². The van der Waals surface area contributed by atoms with Gasteiger partial charge in [0.25, 0.3) is 5.91 Å². The highest BCUT2D eigenvalue weighted by Crippen LogP contribution is 2.44. The summed E-state index contributed by atoms with van der Waals surface area (Å²) >= 11 is 0. The number of pyridine rings is 1. The SMILES string of the molecule is C[C@@H](OCc1ccccc1)[C@H](NC(=O)c1ccnc(CNC(=O)OCC2c3ccccc3-c3ccccc32)c1)C(=O)O. The number of nitrogens with one attached hydrogen (secondary N) is 2. The fraction of sp³-hybridized carbons (Fsp3) is 0.212. The van der Waals surface area contributed by atoms with Crippen LogP contribution < -0.4 is 10.6 Å². The normalized spacial score (nSPS) is 13.4. The molecule has 0 saturated carbocycles. The molecule has 42 heavy (non-hydrogen) atoms. The lowest BCUT2D eigenvalue weighted by Gasteiger charge is -2.22. The van der Waals surface area contributed by atoms with Gasteiger partial charge in [0.15, 0.2) is 6.04 Å². The Bertz CT molecular complexity index is 1530. The van der Waals surface area contributed by atoms with E-state index in [9.17, 15) is 19.5 Å². The number of carboxylic acid groups (broad SMARTS) is 1. The number of nitrogens with zero attached hydrogens (tertiary/aromatic N) is 1. The third-order valence-corrected chi connectivity index (χ3v) is 7.21. The number of carbonyl (C=O) groups excluding carboxylic acids is 2. The first-order valence-corrected chi connectivity index (χ1v) is 13.6. The van der Waals surface area contributed by atoms with Crippen molar-refractivity contribution >= 4 is 18.0 Å². The summed E-state index contributed by atoms with van der Waals surface area (Å²) in [5.74, 6) is -1.87. The lowest BCUT2D eigenvalue weighted by atomic mass is 9.98. The number of fused-ring (bicyclic) bond motifs is 3. The van der Waals surface area contributed by atoms with Crippen molar-refractivity contribution in [1.29, 1.82) is 0 Å². The number of aromatic nitrogens is 1. The number of carbonyl (C=O) groups is 3. The number of amides is 2. The Hall–Kier alpha value is -5.02. The molecule has 0 spiro atoms. The van der Waals surface area contributed by atoms with Crippen molar-refractivity contribution in [2.45, 2.75) is 38.1 Å². The number of benzene rings is 3. The third-order valence-electron chi connectivity index (χ3n) is 7.21. The van der Waals surface area contributed by atoms with Crippen LogP contribution in [0.5, 0.6) is 0 Å². The monoisotopic (exact) mass is 565 g/mol. The van der Waals surface area contributed by atoms with Crippen LogP contribution >= 0.6 is 0 Å². The van der Waals surface area contributed by atoms with Gasteiger partial charge in [0.05, 0.1) is 24.9 Å². The van der Waals surface area contributed by atoms with Gasteiger partial charge < -0.3 is 25.2 Å². The summed E-state index contributed by atoms with van der Waals surface area (Å²) < 4.78 is 11.3. The standard InChI is InChI=1S/C33H31N3O6/c1-21(41-19-22-9-3-2-4-10-22)30(32(38)39)36-31(37)23-15-16-34-24(17-23)18-35-33(40)42-20-29-27-13-7-5-11-25(27)26-12-6-8-14-28(26)29/h2-17,21,29-30H,18-20H2,1H3,(H,35,40)(H,36,37)(H,38,39)/t21-,30+/m1/s1. The van der Waals surface area contributed by atoms with Crippen LogP contribution in [-0.2, 0) is 27.4 Å².